The van der Waals surface area contributed by atoms with Crippen LogP contribution >= 0.6 is 0 Å². The zero-order valence-corrected chi connectivity index (χ0v) is 7.70. The molecule has 1 rings (SSSR count). The van der Waals surface area contributed by atoms with E-state index < -0.39 is 18.0 Å². The minimum Gasteiger partial charge on any atom is -0.480 e. The predicted octanol–water partition coefficient (Wildman–Crippen LogP) is 0.484. The van der Waals surface area contributed by atoms with Crippen molar-refractivity contribution in [2.75, 3.05) is 0 Å². The fourth-order valence-corrected chi connectivity index (χ4v) is 1.09. The lowest BCUT2D eigenvalue weighted by Crippen LogP contribution is -2.32. The van der Waals surface area contributed by atoms with E-state index in [1.165, 1.54) is 12.3 Å². The Morgan fingerprint density at radius 1 is 1.79 bits per heavy atom. The summed E-state index contributed by atoms with van der Waals surface area (Å²) in [5, 5.41) is 8.57. The van der Waals surface area contributed by atoms with Crippen molar-refractivity contribution < 1.29 is 14.3 Å². The molecule has 0 aromatic carbocycles. The summed E-state index contributed by atoms with van der Waals surface area (Å²) in [5.41, 5.74) is 6.65. The lowest BCUT2D eigenvalue weighted by molar-refractivity contribution is -0.138. The number of carboxylic acids is 1. The third kappa shape index (κ3) is 2.50. The molecule has 0 aliphatic heterocycles. The average molecular weight is 198 g/mol. The molecule has 1 atom stereocenters. The van der Waals surface area contributed by atoms with Crippen molar-refractivity contribution >= 4 is 5.97 Å². The van der Waals surface area contributed by atoms with Crippen LogP contribution in [0.5, 0.6) is 0 Å². The molecule has 4 nitrogen and oxygen atoms in total. The van der Waals surface area contributed by atoms with Gasteiger partial charge in [0, 0.05) is 12.6 Å². The maximum absolute atomic E-state index is 12.6. The standard InChI is InChI=1S/C9H11FN2O2/c1-5-2-8(10)12-4-6(5)3-7(11)9(13)14/h2,4,7H,3,11H2,1H3,(H,13,14)/t7-/m0/s1. The van der Waals surface area contributed by atoms with Gasteiger partial charge in [-0.2, -0.15) is 4.39 Å². The minimum absolute atomic E-state index is 0.161. The number of pyridine rings is 1. The number of halogens is 1. The number of carbonyl (C=O) groups is 1. The molecule has 0 aliphatic carbocycles. The van der Waals surface area contributed by atoms with Crippen LogP contribution in [-0.4, -0.2) is 22.1 Å². The second-order valence-corrected chi connectivity index (χ2v) is 3.08. The first kappa shape index (κ1) is 10.6. The molecule has 1 aromatic rings. The summed E-state index contributed by atoms with van der Waals surface area (Å²) in [5.74, 6) is -1.65. The van der Waals surface area contributed by atoms with Crippen LogP contribution in [0.2, 0.25) is 0 Å². The maximum Gasteiger partial charge on any atom is 0.320 e. The molecule has 14 heavy (non-hydrogen) atoms. The molecule has 0 saturated heterocycles. The van der Waals surface area contributed by atoms with Gasteiger partial charge in [0.1, 0.15) is 6.04 Å². The molecule has 5 heteroatoms. The molecule has 0 unspecified atom stereocenters. The van der Waals surface area contributed by atoms with E-state index in [2.05, 4.69) is 4.98 Å². The van der Waals surface area contributed by atoms with Crippen molar-refractivity contribution in [3.63, 3.8) is 0 Å². The molecule has 0 bridgehead atoms. The quantitative estimate of drug-likeness (QED) is 0.693. The summed E-state index contributed by atoms with van der Waals surface area (Å²) >= 11 is 0. The lowest BCUT2D eigenvalue weighted by Gasteiger charge is -2.08. The van der Waals surface area contributed by atoms with E-state index in [9.17, 15) is 9.18 Å². The highest BCUT2D eigenvalue weighted by atomic mass is 19.1. The third-order valence-electron chi connectivity index (χ3n) is 1.94. The number of aliphatic carboxylic acids is 1. The Morgan fingerprint density at radius 3 is 2.93 bits per heavy atom. The summed E-state index contributed by atoms with van der Waals surface area (Å²) in [4.78, 5) is 13.9. The maximum atomic E-state index is 12.6. The Balaban J connectivity index is 2.82. The Labute approximate surface area is 80.6 Å². The monoisotopic (exact) mass is 198 g/mol. The van der Waals surface area contributed by atoms with Gasteiger partial charge in [-0.15, -0.1) is 0 Å². The van der Waals surface area contributed by atoms with Gasteiger partial charge in [-0.3, -0.25) is 4.79 Å². The van der Waals surface area contributed by atoms with Gasteiger partial charge in [0.05, 0.1) is 0 Å². The van der Waals surface area contributed by atoms with Gasteiger partial charge in [-0.25, -0.2) is 4.98 Å². The largest absolute Gasteiger partial charge is 0.480 e. The van der Waals surface area contributed by atoms with Crippen molar-refractivity contribution in [2.45, 2.75) is 19.4 Å². The van der Waals surface area contributed by atoms with E-state index in [0.29, 0.717) is 11.1 Å². The highest BCUT2D eigenvalue weighted by Gasteiger charge is 2.13. The van der Waals surface area contributed by atoms with Crippen LogP contribution in [0.15, 0.2) is 12.3 Å². The highest BCUT2D eigenvalue weighted by Crippen LogP contribution is 2.09. The van der Waals surface area contributed by atoms with Gasteiger partial charge in [-0.1, -0.05) is 0 Å². The number of hydrogen-bond donors (Lipinski definition) is 2. The van der Waals surface area contributed by atoms with E-state index >= 15 is 0 Å². The molecular weight excluding hydrogens is 187 g/mol. The van der Waals surface area contributed by atoms with E-state index in [-0.39, 0.29) is 6.42 Å². The Morgan fingerprint density at radius 2 is 2.43 bits per heavy atom. The molecular formula is C9H11FN2O2. The number of nitrogens with two attached hydrogens (primary N) is 1. The number of nitrogens with zero attached hydrogens (tertiary/aromatic N) is 1. The van der Waals surface area contributed by atoms with Gasteiger partial charge in [0.25, 0.3) is 0 Å². The molecule has 0 fully saturated rings. The summed E-state index contributed by atoms with van der Waals surface area (Å²) in [6.07, 6.45) is 1.47. The smallest absolute Gasteiger partial charge is 0.320 e. The van der Waals surface area contributed by atoms with E-state index in [1.54, 1.807) is 6.92 Å². The first-order chi connectivity index (χ1) is 6.50. The van der Waals surface area contributed by atoms with Gasteiger partial charge >= 0.3 is 5.97 Å². The summed E-state index contributed by atoms with van der Waals surface area (Å²) < 4.78 is 12.6. The first-order valence-corrected chi connectivity index (χ1v) is 4.10. The molecule has 1 aromatic heterocycles. The van der Waals surface area contributed by atoms with Crippen molar-refractivity contribution in [2.24, 2.45) is 5.73 Å². The van der Waals surface area contributed by atoms with Crippen LogP contribution < -0.4 is 5.73 Å². The van der Waals surface area contributed by atoms with Crippen molar-refractivity contribution in [3.8, 4) is 0 Å². The zero-order chi connectivity index (χ0) is 10.7. The first-order valence-electron chi connectivity index (χ1n) is 4.10. The van der Waals surface area contributed by atoms with Crippen LogP contribution in [0, 0.1) is 12.9 Å². The van der Waals surface area contributed by atoms with Crippen LogP contribution in [0.25, 0.3) is 0 Å². The van der Waals surface area contributed by atoms with Gasteiger partial charge < -0.3 is 10.8 Å². The lowest BCUT2D eigenvalue weighted by atomic mass is 10.0. The highest BCUT2D eigenvalue weighted by molar-refractivity contribution is 5.73. The number of rotatable bonds is 3. The number of hydrogen-bond acceptors (Lipinski definition) is 3. The van der Waals surface area contributed by atoms with Gasteiger partial charge in [-0.05, 0) is 24.1 Å². The zero-order valence-electron chi connectivity index (χ0n) is 7.70. The van der Waals surface area contributed by atoms with E-state index in [0.717, 1.165) is 0 Å². The molecule has 1 heterocycles. The molecule has 0 radical (unpaired) electrons. The molecule has 0 amide bonds. The molecule has 76 valence electrons. The Bertz CT molecular complexity index is 355. The van der Waals surface area contributed by atoms with Crippen LogP contribution in [0.1, 0.15) is 11.1 Å². The average Bonchev–Trinajstić information content (AvgIpc) is 2.09. The van der Waals surface area contributed by atoms with E-state index in [4.69, 9.17) is 10.8 Å². The minimum atomic E-state index is -1.08. The van der Waals surface area contributed by atoms with Crippen LogP contribution in [-0.2, 0) is 11.2 Å². The van der Waals surface area contributed by atoms with Crippen molar-refractivity contribution in [1.29, 1.82) is 0 Å². The third-order valence-corrected chi connectivity index (χ3v) is 1.94. The molecule has 0 saturated carbocycles. The summed E-state index contributed by atoms with van der Waals surface area (Å²) in [6.45, 7) is 1.69. The summed E-state index contributed by atoms with van der Waals surface area (Å²) in [7, 11) is 0. The van der Waals surface area contributed by atoms with E-state index in [1.807, 2.05) is 0 Å². The van der Waals surface area contributed by atoms with Crippen LogP contribution in [0.4, 0.5) is 4.39 Å². The fourth-order valence-electron chi connectivity index (χ4n) is 1.09. The molecule has 3 N–H and O–H groups in total. The molecule has 0 aliphatic rings. The van der Waals surface area contributed by atoms with Crippen molar-refractivity contribution in [3.05, 3.63) is 29.3 Å². The van der Waals surface area contributed by atoms with Gasteiger partial charge in [0.2, 0.25) is 5.95 Å². The predicted molar refractivity (Wildman–Crippen MR) is 48.2 cm³/mol. The fraction of sp³-hybridized carbons (Fsp3) is 0.333. The summed E-state index contributed by atoms with van der Waals surface area (Å²) in [6, 6.07) is 0.283. The van der Waals surface area contributed by atoms with Crippen molar-refractivity contribution in [1.82, 2.24) is 4.98 Å². The Kier molecular flexibility index (Phi) is 3.14. The van der Waals surface area contributed by atoms with Crippen LogP contribution in [0.3, 0.4) is 0 Å². The Hall–Kier alpha value is -1.49. The number of carboxylic acid groups (broad SMARTS) is 1. The normalized spacial score (nSPS) is 12.5. The molecule has 0 spiro atoms. The van der Waals surface area contributed by atoms with Gasteiger partial charge in [0.15, 0.2) is 0 Å². The second kappa shape index (κ2) is 4.15. The SMILES string of the molecule is Cc1cc(F)ncc1C[C@H](N)C(=O)O. The number of aryl methyl sites for hydroxylation is 1. The number of aromatic nitrogens is 1. The second-order valence-electron chi connectivity index (χ2n) is 3.08. The topological polar surface area (TPSA) is 76.2 Å².